The molecule has 0 nitrogen and oxygen atoms in total. The number of benzene rings is 4. The average molecular weight is 536 g/mol. The molecule has 0 saturated heterocycles. The van der Waals surface area contributed by atoms with E-state index in [1.54, 1.807) is 0 Å². The molecule has 0 aromatic heterocycles. The minimum Gasteiger partial charge on any atom is -0.0843 e. The van der Waals surface area contributed by atoms with Gasteiger partial charge in [0.05, 0.1) is 0 Å². The van der Waals surface area contributed by atoms with E-state index in [-0.39, 0.29) is 0 Å². The van der Waals surface area contributed by atoms with Gasteiger partial charge in [0.2, 0.25) is 0 Å². The molecule has 0 unspecified atom stereocenters. The lowest BCUT2D eigenvalue weighted by Gasteiger charge is -2.24. The van der Waals surface area contributed by atoms with E-state index in [0.717, 1.165) is 32.4 Å². The van der Waals surface area contributed by atoms with Crippen LogP contribution in [-0.4, -0.2) is 12.3 Å². The van der Waals surface area contributed by atoms with E-state index in [1.165, 1.54) is 21.2 Å². The summed E-state index contributed by atoms with van der Waals surface area (Å²) >= 11 is 25.4. The van der Waals surface area contributed by atoms with Crippen molar-refractivity contribution < 1.29 is 0 Å². The highest BCUT2D eigenvalue weighted by atomic mass is 35.5. The van der Waals surface area contributed by atoms with Crippen LogP contribution >= 0.6 is 62.2 Å². The highest BCUT2D eigenvalue weighted by molar-refractivity contribution is 7.76. The summed E-state index contributed by atoms with van der Waals surface area (Å²) in [5.41, 5.74) is 0. The maximum Gasteiger partial charge on any atom is 0.0412 e. The quantitative estimate of drug-likeness (QED) is 0.211. The van der Waals surface area contributed by atoms with Crippen LogP contribution in [0.15, 0.2) is 97.1 Å². The van der Waals surface area contributed by atoms with Crippen LogP contribution in [0.5, 0.6) is 0 Å². The van der Waals surface area contributed by atoms with Crippen LogP contribution < -0.4 is 21.2 Å². The molecule has 4 aromatic rings. The molecule has 0 bridgehead atoms. The molecule has 4 rings (SSSR count). The van der Waals surface area contributed by atoms with Crippen LogP contribution in [0.25, 0.3) is 0 Å². The molecule has 0 heterocycles. The molecule has 0 aliphatic carbocycles. The summed E-state index contributed by atoms with van der Waals surface area (Å²) in [6.45, 7) is 0. The SMILES string of the molecule is Clc1cccc(P(CCP(c2cccc(Cl)c2)c2cccc(Cl)c2)c2cccc(Cl)c2)c1. The lowest BCUT2D eigenvalue weighted by Crippen LogP contribution is -2.20. The second kappa shape index (κ2) is 11.4. The van der Waals surface area contributed by atoms with Gasteiger partial charge in [0.1, 0.15) is 0 Å². The molecule has 32 heavy (non-hydrogen) atoms. The van der Waals surface area contributed by atoms with Gasteiger partial charge >= 0.3 is 0 Å². The van der Waals surface area contributed by atoms with Crippen molar-refractivity contribution in [2.24, 2.45) is 0 Å². The fourth-order valence-electron chi connectivity index (χ4n) is 3.59. The molecular weight excluding hydrogens is 516 g/mol. The van der Waals surface area contributed by atoms with Gasteiger partial charge in [0.15, 0.2) is 0 Å². The molecular formula is C26H20Cl4P2. The molecule has 0 fully saturated rings. The van der Waals surface area contributed by atoms with E-state index in [2.05, 4.69) is 48.5 Å². The fraction of sp³-hybridized carbons (Fsp3) is 0.0769. The van der Waals surface area contributed by atoms with Gasteiger partial charge in [-0.25, -0.2) is 0 Å². The maximum atomic E-state index is 6.36. The average Bonchev–Trinajstić information content (AvgIpc) is 2.77. The normalized spacial score (nSPS) is 11.3. The molecule has 0 aliphatic heterocycles. The molecule has 0 aliphatic rings. The van der Waals surface area contributed by atoms with Crippen molar-refractivity contribution in [2.45, 2.75) is 0 Å². The summed E-state index contributed by atoms with van der Waals surface area (Å²) in [5, 5.41) is 8.02. The van der Waals surface area contributed by atoms with E-state index in [0.29, 0.717) is 0 Å². The Bertz CT molecular complexity index is 1030. The van der Waals surface area contributed by atoms with E-state index in [4.69, 9.17) is 46.4 Å². The third kappa shape index (κ3) is 6.27. The number of hydrogen-bond donors (Lipinski definition) is 0. The summed E-state index contributed by atoms with van der Waals surface area (Å²) < 4.78 is 0. The third-order valence-corrected chi connectivity index (χ3v) is 11.3. The number of rotatable bonds is 7. The van der Waals surface area contributed by atoms with Gasteiger partial charge in [-0.05, 0) is 97.9 Å². The predicted molar refractivity (Wildman–Crippen MR) is 148 cm³/mol. The minimum absolute atomic E-state index is 0.631. The summed E-state index contributed by atoms with van der Waals surface area (Å²) in [7, 11) is -1.26. The van der Waals surface area contributed by atoms with E-state index in [1.807, 2.05) is 48.5 Å². The smallest absolute Gasteiger partial charge is 0.0412 e. The standard InChI is InChI=1S/C26H20Cl4P2/c27-19-5-1-9-23(15-19)31(24-10-2-6-20(28)16-24)13-14-32(25-11-3-7-21(29)17-25)26-12-4-8-22(30)18-26/h1-12,15-18H,13-14H2. The number of halogens is 4. The van der Waals surface area contributed by atoms with E-state index in [9.17, 15) is 0 Å². The van der Waals surface area contributed by atoms with Crippen molar-refractivity contribution in [3.8, 4) is 0 Å². The highest BCUT2D eigenvalue weighted by Gasteiger charge is 2.20. The van der Waals surface area contributed by atoms with Crippen molar-refractivity contribution in [1.29, 1.82) is 0 Å². The molecule has 0 amide bonds. The zero-order valence-electron chi connectivity index (χ0n) is 17.1. The van der Waals surface area contributed by atoms with Crippen LogP contribution in [0.1, 0.15) is 0 Å². The predicted octanol–water partition coefficient (Wildman–Crippen LogP) is 7.87. The largest absolute Gasteiger partial charge is 0.0843 e. The molecule has 0 spiro atoms. The van der Waals surface area contributed by atoms with Gasteiger partial charge in [-0.1, -0.05) is 94.9 Å². The summed E-state index contributed by atoms with van der Waals surface area (Å²) in [6, 6.07) is 32.7. The summed E-state index contributed by atoms with van der Waals surface area (Å²) in [5.74, 6) is 0. The van der Waals surface area contributed by atoms with Crippen LogP contribution in [0.2, 0.25) is 20.1 Å². The Morgan fingerprint density at radius 3 is 0.875 bits per heavy atom. The maximum absolute atomic E-state index is 6.36. The van der Waals surface area contributed by atoms with E-state index >= 15 is 0 Å². The first-order valence-electron chi connectivity index (χ1n) is 10.1. The minimum atomic E-state index is -0.631. The van der Waals surface area contributed by atoms with Crippen LogP contribution in [0.4, 0.5) is 0 Å². The van der Waals surface area contributed by atoms with Gasteiger partial charge in [-0.3, -0.25) is 0 Å². The monoisotopic (exact) mass is 534 g/mol. The van der Waals surface area contributed by atoms with Gasteiger partial charge in [-0.2, -0.15) is 0 Å². The van der Waals surface area contributed by atoms with Crippen LogP contribution in [-0.2, 0) is 0 Å². The highest BCUT2D eigenvalue weighted by Crippen LogP contribution is 2.42. The van der Waals surface area contributed by atoms with Crippen molar-refractivity contribution in [1.82, 2.24) is 0 Å². The van der Waals surface area contributed by atoms with Gasteiger partial charge in [0, 0.05) is 20.1 Å². The van der Waals surface area contributed by atoms with Gasteiger partial charge < -0.3 is 0 Å². The Labute approximate surface area is 212 Å². The molecule has 6 heteroatoms. The lowest BCUT2D eigenvalue weighted by atomic mass is 10.4. The topological polar surface area (TPSA) is 0 Å². The fourth-order valence-corrected chi connectivity index (χ4v) is 10.1. The van der Waals surface area contributed by atoms with Crippen molar-refractivity contribution in [3.05, 3.63) is 117 Å². The molecule has 0 radical (unpaired) electrons. The van der Waals surface area contributed by atoms with Gasteiger partial charge in [-0.15, -0.1) is 0 Å². The Morgan fingerprint density at radius 2 is 0.656 bits per heavy atom. The van der Waals surface area contributed by atoms with Crippen molar-refractivity contribution in [3.63, 3.8) is 0 Å². The lowest BCUT2D eigenvalue weighted by molar-refractivity contribution is 1.51. The molecule has 0 atom stereocenters. The Morgan fingerprint density at radius 1 is 0.406 bits per heavy atom. The first kappa shape index (κ1) is 24.0. The molecule has 0 N–H and O–H groups in total. The molecule has 0 saturated carbocycles. The zero-order chi connectivity index (χ0) is 22.5. The molecule has 4 aromatic carbocycles. The Balaban J connectivity index is 1.71. The second-order valence-corrected chi connectivity index (χ2v) is 13.6. The van der Waals surface area contributed by atoms with Crippen molar-refractivity contribution in [2.75, 3.05) is 12.3 Å². The zero-order valence-corrected chi connectivity index (χ0v) is 21.9. The van der Waals surface area contributed by atoms with Gasteiger partial charge in [0.25, 0.3) is 0 Å². The first-order chi connectivity index (χ1) is 15.5. The first-order valence-corrected chi connectivity index (χ1v) is 14.6. The molecule has 162 valence electrons. The number of hydrogen-bond acceptors (Lipinski definition) is 0. The Kier molecular flexibility index (Phi) is 8.53. The second-order valence-electron chi connectivity index (χ2n) is 7.22. The van der Waals surface area contributed by atoms with Crippen LogP contribution in [0, 0.1) is 0 Å². The summed E-state index contributed by atoms with van der Waals surface area (Å²) in [6.07, 6.45) is 2.00. The third-order valence-electron chi connectivity index (χ3n) is 5.03. The van der Waals surface area contributed by atoms with Crippen LogP contribution in [0.3, 0.4) is 0 Å². The van der Waals surface area contributed by atoms with Crippen molar-refractivity contribution >= 4 is 83.5 Å². The Hall–Kier alpha value is -1.10. The van der Waals surface area contributed by atoms with E-state index < -0.39 is 15.8 Å². The summed E-state index contributed by atoms with van der Waals surface area (Å²) in [4.78, 5) is 0.